The van der Waals surface area contributed by atoms with E-state index in [2.05, 4.69) is 10.1 Å². The smallest absolute Gasteiger partial charge is 0.410 e. The number of likely N-dealkylation sites (N-methyl/N-ethyl adjacent to an activating group) is 1. The molecule has 42 heavy (non-hydrogen) atoms. The number of pyridine rings is 1. The van der Waals surface area contributed by atoms with E-state index < -0.39 is 23.6 Å². The van der Waals surface area contributed by atoms with Gasteiger partial charge in [-0.15, -0.1) is 0 Å². The van der Waals surface area contributed by atoms with Gasteiger partial charge in [-0.2, -0.15) is 5.10 Å². The lowest BCUT2D eigenvalue weighted by Gasteiger charge is -2.33. The lowest BCUT2D eigenvalue weighted by Crippen LogP contribution is -2.45. The molecule has 2 N–H and O–H groups in total. The van der Waals surface area contributed by atoms with E-state index in [9.17, 15) is 14.0 Å². The number of anilines is 1. The number of hydrogen-bond donors (Lipinski definition) is 1. The molecule has 0 aliphatic carbocycles. The Balaban J connectivity index is 1.38. The largest absolute Gasteiger partial charge is 0.482 e. The number of nitrogen functional groups attached to an aromatic ring is 1. The van der Waals surface area contributed by atoms with E-state index in [0.717, 1.165) is 11.1 Å². The number of ether oxygens (including phenoxy) is 2. The van der Waals surface area contributed by atoms with Gasteiger partial charge in [0.1, 0.15) is 24.1 Å². The standard InChI is InChI=1S/C29H35Cl2FN6O4/c1-17(25-21(30)6-7-22(32)26(25)31)41-23-12-18(13-34-27(23)33)19-14-35-38(15-19)20-8-10-37(11-9-20)24(39)16-36(5)28(40)42-29(2,3)4/h6-7,12-15,17,20H,8-11,16H2,1-5H3,(H2,33,34). The number of nitrogens with zero attached hydrogens (tertiary/aromatic N) is 5. The highest BCUT2D eigenvalue weighted by Gasteiger charge is 2.28. The third-order valence-corrected chi connectivity index (χ3v) is 7.59. The highest BCUT2D eigenvalue weighted by atomic mass is 35.5. The summed E-state index contributed by atoms with van der Waals surface area (Å²) in [6.07, 6.45) is 5.47. The molecular weight excluding hydrogens is 586 g/mol. The molecule has 1 saturated heterocycles. The molecule has 0 radical (unpaired) electrons. The second-order valence-electron chi connectivity index (χ2n) is 11.3. The van der Waals surface area contributed by atoms with Crippen molar-refractivity contribution in [2.45, 2.75) is 58.3 Å². The Morgan fingerprint density at radius 1 is 1.19 bits per heavy atom. The molecule has 1 aromatic carbocycles. The fourth-order valence-corrected chi connectivity index (χ4v) is 5.32. The minimum Gasteiger partial charge on any atom is -0.482 e. The molecule has 1 fully saturated rings. The molecule has 10 nitrogen and oxygen atoms in total. The van der Waals surface area contributed by atoms with Crippen LogP contribution in [0.2, 0.25) is 10.0 Å². The Hall–Kier alpha value is -3.57. The highest BCUT2D eigenvalue weighted by Crippen LogP contribution is 2.37. The summed E-state index contributed by atoms with van der Waals surface area (Å²) < 4.78 is 27.3. The lowest BCUT2D eigenvalue weighted by atomic mass is 10.0. The van der Waals surface area contributed by atoms with Crippen LogP contribution in [0.4, 0.5) is 15.0 Å². The van der Waals surface area contributed by atoms with E-state index >= 15 is 0 Å². The maximum Gasteiger partial charge on any atom is 0.410 e. The molecule has 3 heterocycles. The van der Waals surface area contributed by atoms with Crippen molar-refractivity contribution >= 4 is 41.0 Å². The zero-order valence-electron chi connectivity index (χ0n) is 24.2. The predicted molar refractivity (Wildman–Crippen MR) is 159 cm³/mol. The summed E-state index contributed by atoms with van der Waals surface area (Å²) in [4.78, 5) is 32.3. The SMILES string of the molecule is CC(Oc1cc(-c2cnn(C3CCN(C(=O)CN(C)C(=O)OC(C)(C)C)CC3)c2)cnc1N)c1c(Cl)ccc(F)c1Cl. The van der Waals surface area contributed by atoms with Crippen molar-refractivity contribution < 1.29 is 23.5 Å². The summed E-state index contributed by atoms with van der Waals surface area (Å²) in [7, 11) is 1.55. The number of carbonyl (C=O) groups is 2. The summed E-state index contributed by atoms with van der Waals surface area (Å²) in [5, 5.41) is 4.72. The first-order valence-electron chi connectivity index (χ1n) is 13.6. The van der Waals surface area contributed by atoms with E-state index in [4.69, 9.17) is 38.4 Å². The van der Waals surface area contributed by atoms with Gasteiger partial charge in [0.05, 0.1) is 17.3 Å². The number of benzene rings is 1. The van der Waals surface area contributed by atoms with Crippen LogP contribution in [0.25, 0.3) is 11.1 Å². The second kappa shape index (κ2) is 12.7. The Bertz CT molecular complexity index is 1450. The minimum atomic E-state index is -0.695. The summed E-state index contributed by atoms with van der Waals surface area (Å²) >= 11 is 12.4. The van der Waals surface area contributed by atoms with E-state index in [-0.39, 0.29) is 34.4 Å². The van der Waals surface area contributed by atoms with Gasteiger partial charge in [-0.05, 0) is 58.7 Å². The Morgan fingerprint density at radius 3 is 2.55 bits per heavy atom. The van der Waals surface area contributed by atoms with Crippen molar-refractivity contribution in [2.75, 3.05) is 32.4 Å². The maximum absolute atomic E-state index is 14.0. The molecule has 0 spiro atoms. The van der Waals surface area contributed by atoms with Crippen LogP contribution in [0.1, 0.15) is 58.2 Å². The van der Waals surface area contributed by atoms with Crippen LogP contribution in [-0.2, 0) is 9.53 Å². The van der Waals surface area contributed by atoms with Crippen molar-refractivity contribution in [2.24, 2.45) is 0 Å². The van der Waals surface area contributed by atoms with Crippen molar-refractivity contribution in [3.05, 3.63) is 58.2 Å². The summed E-state index contributed by atoms with van der Waals surface area (Å²) in [6.45, 7) is 8.09. The molecule has 1 atom stereocenters. The van der Waals surface area contributed by atoms with Gasteiger partial charge in [-0.25, -0.2) is 14.2 Å². The summed E-state index contributed by atoms with van der Waals surface area (Å²) in [6, 6.07) is 4.46. The maximum atomic E-state index is 14.0. The Labute approximate surface area is 254 Å². The number of aromatic nitrogens is 3. The fourth-order valence-electron chi connectivity index (χ4n) is 4.65. The van der Waals surface area contributed by atoms with Gasteiger partial charge < -0.3 is 25.0 Å². The van der Waals surface area contributed by atoms with Crippen molar-refractivity contribution in [1.82, 2.24) is 24.6 Å². The number of amides is 2. The van der Waals surface area contributed by atoms with Gasteiger partial charge in [0.25, 0.3) is 0 Å². The quantitative estimate of drug-likeness (QED) is 0.315. The molecule has 4 rings (SSSR count). The van der Waals surface area contributed by atoms with Crippen LogP contribution in [0.15, 0.2) is 36.8 Å². The van der Waals surface area contributed by atoms with Crippen LogP contribution in [-0.4, -0.2) is 68.8 Å². The molecule has 226 valence electrons. The topological polar surface area (TPSA) is 116 Å². The lowest BCUT2D eigenvalue weighted by molar-refractivity contribution is -0.133. The Kier molecular flexibility index (Phi) is 9.52. The molecule has 2 aromatic heterocycles. The fraction of sp³-hybridized carbons (Fsp3) is 0.448. The van der Waals surface area contributed by atoms with Crippen LogP contribution >= 0.6 is 23.2 Å². The third-order valence-electron chi connectivity index (χ3n) is 6.88. The third kappa shape index (κ3) is 7.43. The van der Waals surface area contributed by atoms with E-state index in [1.165, 1.54) is 17.0 Å². The minimum absolute atomic E-state index is 0.0454. The van der Waals surface area contributed by atoms with Gasteiger partial charge in [-0.1, -0.05) is 23.2 Å². The number of piperidine rings is 1. The zero-order valence-corrected chi connectivity index (χ0v) is 25.7. The van der Waals surface area contributed by atoms with Gasteiger partial charge in [-0.3, -0.25) is 9.48 Å². The first kappa shape index (κ1) is 31.4. The van der Waals surface area contributed by atoms with Crippen LogP contribution in [0.5, 0.6) is 5.75 Å². The molecule has 1 aliphatic heterocycles. The van der Waals surface area contributed by atoms with E-state index in [1.807, 2.05) is 10.9 Å². The number of carbonyl (C=O) groups excluding carboxylic acids is 2. The molecule has 3 aromatic rings. The van der Waals surface area contributed by atoms with Gasteiger partial charge in [0, 0.05) is 54.2 Å². The number of likely N-dealkylation sites (tertiary alicyclic amines) is 1. The van der Waals surface area contributed by atoms with Gasteiger partial charge in [0.2, 0.25) is 5.91 Å². The average molecular weight is 622 g/mol. The molecule has 0 bridgehead atoms. The highest BCUT2D eigenvalue weighted by molar-refractivity contribution is 6.36. The predicted octanol–water partition coefficient (Wildman–Crippen LogP) is 6.14. The first-order valence-corrected chi connectivity index (χ1v) is 14.3. The van der Waals surface area contributed by atoms with Gasteiger partial charge in [0.15, 0.2) is 11.6 Å². The molecule has 0 saturated carbocycles. The Morgan fingerprint density at radius 2 is 1.88 bits per heavy atom. The molecule has 1 unspecified atom stereocenters. The van der Waals surface area contributed by atoms with Crippen LogP contribution in [0.3, 0.4) is 0 Å². The number of halogens is 3. The van der Waals surface area contributed by atoms with Gasteiger partial charge >= 0.3 is 6.09 Å². The number of hydrogen-bond acceptors (Lipinski definition) is 7. The zero-order chi connectivity index (χ0) is 30.8. The molecular formula is C29H35Cl2FN6O4. The van der Waals surface area contributed by atoms with E-state index in [0.29, 0.717) is 37.2 Å². The summed E-state index contributed by atoms with van der Waals surface area (Å²) in [5.74, 6) is -0.260. The number of rotatable bonds is 7. The average Bonchev–Trinajstić information content (AvgIpc) is 3.42. The van der Waals surface area contributed by atoms with Crippen LogP contribution in [0, 0.1) is 5.82 Å². The summed E-state index contributed by atoms with van der Waals surface area (Å²) in [5.41, 5.74) is 7.30. The molecule has 2 amide bonds. The molecule has 13 heteroatoms. The number of nitrogens with two attached hydrogens (primary N) is 1. The van der Waals surface area contributed by atoms with Crippen molar-refractivity contribution in [3.63, 3.8) is 0 Å². The van der Waals surface area contributed by atoms with E-state index in [1.54, 1.807) is 58.1 Å². The monoisotopic (exact) mass is 620 g/mol. The second-order valence-corrected chi connectivity index (χ2v) is 12.1. The van der Waals surface area contributed by atoms with Crippen LogP contribution < -0.4 is 10.5 Å². The van der Waals surface area contributed by atoms with Crippen molar-refractivity contribution in [3.8, 4) is 16.9 Å². The van der Waals surface area contributed by atoms with Crippen molar-refractivity contribution in [1.29, 1.82) is 0 Å². The molecule has 1 aliphatic rings. The normalized spacial score (nSPS) is 14.9. The first-order chi connectivity index (χ1) is 19.7.